The number of benzene rings is 2. The smallest absolute Gasteiger partial charge is 0.174 e. The molecule has 0 unspecified atom stereocenters. The van der Waals surface area contributed by atoms with Crippen LogP contribution in [0.15, 0.2) is 63.4 Å². The standard InChI is InChI=1S/C23H19ClN2O2.ClH/c1-13(2)21-12-15-10-16(24)9-14(22(15)28-21)11-17-7-8-20(27-17)23-25-18-5-3-4-6-19(18)26-23;/h3-10,12-13H,11H2,1-2H3,(H,25,26);1H. The van der Waals surface area contributed by atoms with E-state index in [-0.39, 0.29) is 12.4 Å². The van der Waals surface area contributed by atoms with Gasteiger partial charge >= 0.3 is 0 Å². The van der Waals surface area contributed by atoms with Crippen LogP contribution in [-0.2, 0) is 6.42 Å². The van der Waals surface area contributed by atoms with Gasteiger partial charge in [0.25, 0.3) is 0 Å². The molecule has 0 radical (unpaired) electrons. The summed E-state index contributed by atoms with van der Waals surface area (Å²) in [5, 5.41) is 1.72. The topological polar surface area (TPSA) is 55.0 Å². The Kier molecular flexibility index (Phi) is 5.15. The van der Waals surface area contributed by atoms with E-state index >= 15 is 0 Å². The van der Waals surface area contributed by atoms with E-state index in [9.17, 15) is 0 Å². The summed E-state index contributed by atoms with van der Waals surface area (Å²) in [6.07, 6.45) is 0.600. The lowest BCUT2D eigenvalue weighted by molar-refractivity contribution is 0.512. The van der Waals surface area contributed by atoms with Crippen LogP contribution in [-0.4, -0.2) is 9.97 Å². The second kappa shape index (κ2) is 7.62. The zero-order valence-electron chi connectivity index (χ0n) is 16.0. The number of para-hydroxylation sites is 2. The summed E-state index contributed by atoms with van der Waals surface area (Å²) in [5.74, 6) is 3.56. The predicted molar refractivity (Wildman–Crippen MR) is 119 cm³/mol. The van der Waals surface area contributed by atoms with Crippen molar-refractivity contribution in [3.05, 3.63) is 76.7 Å². The molecule has 0 saturated heterocycles. The van der Waals surface area contributed by atoms with Gasteiger partial charge in [0.15, 0.2) is 11.6 Å². The molecule has 0 aliphatic heterocycles. The Hall–Kier alpha value is -2.69. The SMILES string of the molecule is CC(C)c1cc2cc(Cl)cc(Cc3ccc(-c4nc5ccccc5[nH]4)o3)c2o1.Cl. The van der Waals surface area contributed by atoms with Crippen molar-refractivity contribution < 1.29 is 8.83 Å². The van der Waals surface area contributed by atoms with Crippen LogP contribution in [0.25, 0.3) is 33.6 Å². The molecule has 0 aliphatic carbocycles. The first-order valence-corrected chi connectivity index (χ1v) is 9.70. The predicted octanol–water partition coefficient (Wildman–Crippen LogP) is 7.36. The van der Waals surface area contributed by atoms with E-state index in [1.165, 1.54) is 0 Å². The molecule has 0 saturated carbocycles. The quantitative estimate of drug-likeness (QED) is 0.326. The van der Waals surface area contributed by atoms with Crippen LogP contribution in [0.3, 0.4) is 0 Å². The van der Waals surface area contributed by atoms with Gasteiger partial charge in [-0.25, -0.2) is 4.98 Å². The minimum atomic E-state index is 0. The Balaban J connectivity index is 0.00000205. The van der Waals surface area contributed by atoms with Crippen molar-refractivity contribution in [2.75, 3.05) is 0 Å². The fourth-order valence-electron chi connectivity index (χ4n) is 3.48. The number of imidazole rings is 1. The van der Waals surface area contributed by atoms with Crippen LogP contribution >= 0.6 is 24.0 Å². The number of rotatable bonds is 4. The molecule has 1 N–H and O–H groups in total. The highest BCUT2D eigenvalue weighted by atomic mass is 35.5. The first-order chi connectivity index (χ1) is 13.6. The largest absolute Gasteiger partial charge is 0.461 e. The Morgan fingerprint density at radius 2 is 1.86 bits per heavy atom. The summed E-state index contributed by atoms with van der Waals surface area (Å²) in [5.41, 5.74) is 3.79. The van der Waals surface area contributed by atoms with Crippen molar-refractivity contribution >= 4 is 46.0 Å². The number of nitrogens with zero attached hydrogens (tertiary/aromatic N) is 1. The minimum Gasteiger partial charge on any atom is -0.461 e. The minimum absolute atomic E-state index is 0. The highest BCUT2D eigenvalue weighted by Crippen LogP contribution is 2.32. The molecular formula is C23H20Cl2N2O2. The first-order valence-electron chi connectivity index (χ1n) is 9.32. The van der Waals surface area contributed by atoms with Gasteiger partial charge in [-0.3, -0.25) is 0 Å². The molecule has 0 amide bonds. The van der Waals surface area contributed by atoms with Gasteiger partial charge in [-0.05, 0) is 42.5 Å². The number of H-pyrrole nitrogens is 1. The molecule has 148 valence electrons. The van der Waals surface area contributed by atoms with Gasteiger partial charge in [0.2, 0.25) is 0 Å². The highest BCUT2D eigenvalue weighted by Gasteiger charge is 2.15. The summed E-state index contributed by atoms with van der Waals surface area (Å²) >= 11 is 6.34. The van der Waals surface area contributed by atoms with Crippen molar-refractivity contribution in [1.29, 1.82) is 0 Å². The normalized spacial score (nSPS) is 11.4. The van der Waals surface area contributed by atoms with Crippen LogP contribution in [0.1, 0.15) is 36.8 Å². The summed E-state index contributed by atoms with van der Waals surface area (Å²) < 4.78 is 12.2. The van der Waals surface area contributed by atoms with Crippen molar-refractivity contribution in [3.63, 3.8) is 0 Å². The highest BCUT2D eigenvalue weighted by molar-refractivity contribution is 6.31. The van der Waals surface area contributed by atoms with E-state index in [4.69, 9.17) is 20.4 Å². The van der Waals surface area contributed by atoms with Gasteiger partial charge in [0, 0.05) is 28.3 Å². The molecular weight excluding hydrogens is 407 g/mol. The number of fused-ring (bicyclic) bond motifs is 2. The van der Waals surface area contributed by atoms with E-state index in [1.807, 2.05) is 48.5 Å². The summed E-state index contributed by atoms with van der Waals surface area (Å²) in [4.78, 5) is 7.90. The van der Waals surface area contributed by atoms with Crippen molar-refractivity contribution in [2.45, 2.75) is 26.2 Å². The number of aromatic nitrogens is 2. The van der Waals surface area contributed by atoms with E-state index in [0.717, 1.165) is 44.9 Å². The first kappa shape index (κ1) is 19.6. The molecule has 4 nitrogen and oxygen atoms in total. The Morgan fingerprint density at radius 3 is 2.66 bits per heavy atom. The second-order valence-electron chi connectivity index (χ2n) is 7.33. The van der Waals surface area contributed by atoms with Crippen LogP contribution in [0, 0.1) is 0 Å². The van der Waals surface area contributed by atoms with E-state index in [0.29, 0.717) is 23.1 Å². The molecule has 0 bridgehead atoms. The molecule has 2 aromatic carbocycles. The van der Waals surface area contributed by atoms with Gasteiger partial charge in [-0.1, -0.05) is 37.6 Å². The summed E-state index contributed by atoms with van der Waals surface area (Å²) in [7, 11) is 0. The Morgan fingerprint density at radius 1 is 1.03 bits per heavy atom. The second-order valence-corrected chi connectivity index (χ2v) is 7.77. The molecule has 0 atom stereocenters. The van der Waals surface area contributed by atoms with E-state index < -0.39 is 0 Å². The lowest BCUT2D eigenvalue weighted by Crippen LogP contribution is -1.87. The zero-order valence-corrected chi connectivity index (χ0v) is 17.6. The van der Waals surface area contributed by atoms with Gasteiger partial charge < -0.3 is 13.8 Å². The van der Waals surface area contributed by atoms with Crippen molar-refractivity contribution in [3.8, 4) is 11.6 Å². The lowest BCUT2D eigenvalue weighted by Gasteiger charge is -2.02. The third kappa shape index (κ3) is 3.66. The molecule has 0 aliphatic rings. The maximum atomic E-state index is 6.34. The molecule has 5 rings (SSSR count). The van der Waals surface area contributed by atoms with E-state index in [1.54, 1.807) is 0 Å². The molecule has 5 aromatic rings. The van der Waals surface area contributed by atoms with Crippen molar-refractivity contribution in [1.82, 2.24) is 9.97 Å². The fraction of sp³-hybridized carbons (Fsp3) is 0.174. The third-order valence-corrected chi connectivity index (χ3v) is 5.11. The molecule has 6 heteroatoms. The summed E-state index contributed by atoms with van der Waals surface area (Å²) in [6, 6.07) is 17.8. The molecule has 3 aromatic heterocycles. The molecule has 0 spiro atoms. The van der Waals surface area contributed by atoms with Crippen LogP contribution < -0.4 is 0 Å². The Labute approximate surface area is 179 Å². The molecule has 3 heterocycles. The van der Waals surface area contributed by atoms with Gasteiger partial charge in [-0.2, -0.15) is 0 Å². The van der Waals surface area contributed by atoms with Gasteiger partial charge in [0.1, 0.15) is 17.1 Å². The molecule has 29 heavy (non-hydrogen) atoms. The fourth-order valence-corrected chi connectivity index (χ4v) is 3.73. The van der Waals surface area contributed by atoms with Gasteiger partial charge in [-0.15, -0.1) is 12.4 Å². The van der Waals surface area contributed by atoms with E-state index in [2.05, 4.69) is 29.9 Å². The van der Waals surface area contributed by atoms with Crippen LogP contribution in [0.4, 0.5) is 0 Å². The average Bonchev–Trinajstić information content (AvgIpc) is 3.38. The van der Waals surface area contributed by atoms with Gasteiger partial charge in [0.05, 0.1) is 11.0 Å². The number of hydrogen-bond donors (Lipinski definition) is 1. The maximum absolute atomic E-state index is 6.34. The zero-order chi connectivity index (χ0) is 19.3. The monoisotopic (exact) mass is 426 g/mol. The number of halogens is 2. The molecule has 0 fully saturated rings. The number of nitrogens with one attached hydrogen (secondary N) is 1. The number of furan rings is 2. The summed E-state index contributed by atoms with van der Waals surface area (Å²) in [6.45, 7) is 4.23. The maximum Gasteiger partial charge on any atom is 0.174 e. The third-order valence-electron chi connectivity index (χ3n) is 4.90. The van der Waals surface area contributed by atoms with Crippen LogP contribution in [0.2, 0.25) is 5.02 Å². The number of hydrogen-bond acceptors (Lipinski definition) is 3. The van der Waals surface area contributed by atoms with Crippen molar-refractivity contribution in [2.24, 2.45) is 0 Å². The van der Waals surface area contributed by atoms with Crippen LogP contribution in [0.5, 0.6) is 0 Å². The Bertz CT molecular complexity index is 1260. The lowest BCUT2D eigenvalue weighted by atomic mass is 10.1. The number of aromatic amines is 1. The average molecular weight is 427 g/mol.